The van der Waals surface area contributed by atoms with Crippen LogP contribution >= 0.6 is 0 Å². The van der Waals surface area contributed by atoms with Crippen LogP contribution in [0, 0.1) is 0 Å². The zero-order chi connectivity index (χ0) is 21.6. The van der Waals surface area contributed by atoms with Gasteiger partial charge in [0.25, 0.3) is 5.56 Å². The van der Waals surface area contributed by atoms with E-state index < -0.39 is 74.0 Å². The molecule has 4 heterocycles. The van der Waals surface area contributed by atoms with E-state index in [0.29, 0.717) is 0 Å². The van der Waals surface area contributed by atoms with Crippen molar-refractivity contribution in [3.8, 4) is 0 Å². The average molecular weight is 430 g/mol. The van der Waals surface area contributed by atoms with Gasteiger partial charge < -0.3 is 49.8 Å². The summed E-state index contributed by atoms with van der Waals surface area (Å²) < 4.78 is 17.8. The highest BCUT2D eigenvalue weighted by atomic mass is 16.7. The lowest BCUT2D eigenvalue weighted by molar-refractivity contribution is -0.318. The van der Waals surface area contributed by atoms with Crippen molar-refractivity contribution in [1.82, 2.24) is 19.5 Å². The summed E-state index contributed by atoms with van der Waals surface area (Å²) in [5.41, 5.74) is -0.334. The van der Waals surface area contributed by atoms with Crippen molar-refractivity contribution in [1.29, 1.82) is 0 Å². The van der Waals surface area contributed by atoms with Crippen LogP contribution in [0.1, 0.15) is 6.23 Å². The smallest absolute Gasteiger partial charge is 0.278 e. The van der Waals surface area contributed by atoms with Gasteiger partial charge in [-0.15, -0.1) is 0 Å². The van der Waals surface area contributed by atoms with Crippen molar-refractivity contribution >= 4 is 11.2 Å². The number of hydrogen-bond acceptors (Lipinski definition) is 12. The molecular weight excluding hydrogens is 408 g/mol. The van der Waals surface area contributed by atoms with Crippen LogP contribution < -0.4 is 5.56 Å². The molecule has 0 spiro atoms. The predicted octanol–water partition coefficient (Wildman–Crippen LogP) is -4.44. The first-order valence-corrected chi connectivity index (χ1v) is 9.18. The van der Waals surface area contributed by atoms with Crippen LogP contribution in [0.25, 0.3) is 11.2 Å². The van der Waals surface area contributed by atoms with Crippen LogP contribution in [0.5, 0.6) is 0 Å². The molecule has 0 aromatic carbocycles. The Labute approximate surface area is 167 Å². The molecule has 2 saturated heterocycles. The van der Waals surface area contributed by atoms with E-state index in [1.54, 1.807) is 0 Å². The standard InChI is InChI=1S/C16H22N4O10/c21-1-5-8(23)9(24)10(25)16(29-5)30-12-6(2-22)28-15(11(12)26)20-4-19-7-13(20)17-3-18-14(7)27/h3-6,8-12,15-16,21-26H,1-2H2,(H,17,18,27)/t5-,6-,8-,9+,10-,11-,12-,15-,16+/m1/s1. The van der Waals surface area contributed by atoms with Gasteiger partial charge in [0.2, 0.25) is 0 Å². The lowest BCUT2D eigenvalue weighted by Gasteiger charge is -2.41. The van der Waals surface area contributed by atoms with E-state index in [4.69, 9.17) is 14.2 Å². The SMILES string of the molecule is O=c1[nH]cnc2c1ncn2[C@@H]1O[C@H](CO)[C@@H](O[C@@H]2O[C@H](CO)[C@@H](O)[C@H](O)[C@H]2O)[C@H]1O. The number of hydrogen-bond donors (Lipinski definition) is 7. The van der Waals surface area contributed by atoms with Gasteiger partial charge in [-0.25, -0.2) is 9.97 Å². The number of H-pyrrole nitrogens is 1. The number of aliphatic hydroxyl groups excluding tert-OH is 6. The van der Waals surface area contributed by atoms with Gasteiger partial charge in [-0.3, -0.25) is 9.36 Å². The second kappa shape index (κ2) is 8.26. The molecule has 2 aliphatic heterocycles. The molecule has 2 aromatic rings. The van der Waals surface area contributed by atoms with E-state index in [-0.39, 0.29) is 11.2 Å². The first-order chi connectivity index (χ1) is 14.4. The van der Waals surface area contributed by atoms with E-state index in [1.165, 1.54) is 10.9 Å². The quantitative estimate of drug-likeness (QED) is 0.239. The molecule has 14 nitrogen and oxygen atoms in total. The van der Waals surface area contributed by atoms with Gasteiger partial charge in [-0.05, 0) is 0 Å². The van der Waals surface area contributed by atoms with Gasteiger partial charge >= 0.3 is 0 Å². The molecule has 2 aliphatic rings. The topological polar surface area (TPSA) is 213 Å². The highest BCUT2D eigenvalue weighted by molar-refractivity contribution is 5.68. The number of nitrogens with zero attached hydrogens (tertiary/aromatic N) is 3. The summed E-state index contributed by atoms with van der Waals surface area (Å²) in [5.74, 6) is 0. The third-order valence-electron chi connectivity index (χ3n) is 5.27. The zero-order valence-corrected chi connectivity index (χ0v) is 15.4. The summed E-state index contributed by atoms with van der Waals surface area (Å²) in [6.45, 7) is -1.22. The van der Waals surface area contributed by atoms with Crippen LogP contribution in [-0.4, -0.2) is 112 Å². The van der Waals surface area contributed by atoms with E-state index in [1.807, 2.05) is 0 Å². The molecule has 2 fully saturated rings. The van der Waals surface area contributed by atoms with Gasteiger partial charge in [0.15, 0.2) is 23.7 Å². The van der Waals surface area contributed by atoms with Crippen molar-refractivity contribution in [2.24, 2.45) is 0 Å². The molecule has 0 bridgehead atoms. The molecule has 166 valence electrons. The molecule has 0 radical (unpaired) electrons. The summed E-state index contributed by atoms with van der Waals surface area (Å²) in [5, 5.41) is 59.7. The third kappa shape index (κ3) is 3.41. The normalized spacial score (nSPS) is 39.6. The number of nitrogens with one attached hydrogen (secondary N) is 1. The Morgan fingerprint density at radius 3 is 2.43 bits per heavy atom. The summed E-state index contributed by atoms with van der Waals surface area (Å²) in [7, 11) is 0. The van der Waals surface area contributed by atoms with E-state index >= 15 is 0 Å². The molecule has 9 atom stereocenters. The largest absolute Gasteiger partial charge is 0.394 e. The molecule has 2 aromatic heterocycles. The maximum Gasteiger partial charge on any atom is 0.278 e. The number of fused-ring (bicyclic) bond motifs is 1. The first kappa shape index (κ1) is 21.2. The Hall–Kier alpha value is -2.01. The van der Waals surface area contributed by atoms with Crippen molar-refractivity contribution in [3.63, 3.8) is 0 Å². The van der Waals surface area contributed by atoms with Crippen molar-refractivity contribution in [2.45, 2.75) is 55.2 Å². The number of imidazole rings is 1. The summed E-state index contributed by atoms with van der Waals surface area (Å²) >= 11 is 0. The van der Waals surface area contributed by atoms with Crippen molar-refractivity contribution in [2.75, 3.05) is 13.2 Å². The van der Waals surface area contributed by atoms with Crippen LogP contribution in [-0.2, 0) is 14.2 Å². The Morgan fingerprint density at radius 2 is 1.73 bits per heavy atom. The second-order valence-corrected chi connectivity index (χ2v) is 7.09. The minimum atomic E-state index is -1.69. The predicted molar refractivity (Wildman–Crippen MR) is 93.8 cm³/mol. The fourth-order valence-electron chi connectivity index (χ4n) is 3.65. The molecule has 0 saturated carbocycles. The fraction of sp³-hybridized carbons (Fsp3) is 0.688. The van der Waals surface area contributed by atoms with Gasteiger partial charge in [0.1, 0.15) is 42.7 Å². The molecule has 0 unspecified atom stereocenters. The van der Waals surface area contributed by atoms with Crippen LogP contribution in [0.4, 0.5) is 0 Å². The van der Waals surface area contributed by atoms with Gasteiger partial charge in [-0.1, -0.05) is 0 Å². The van der Waals surface area contributed by atoms with Crippen molar-refractivity contribution in [3.05, 3.63) is 23.0 Å². The summed E-state index contributed by atoms with van der Waals surface area (Å²) in [6.07, 6.45) is -10.1. The highest BCUT2D eigenvalue weighted by Crippen LogP contribution is 2.35. The van der Waals surface area contributed by atoms with Crippen LogP contribution in [0.2, 0.25) is 0 Å². The lowest BCUT2D eigenvalue weighted by Crippen LogP contribution is -2.60. The maximum atomic E-state index is 11.8. The average Bonchev–Trinajstić information content (AvgIpc) is 3.30. The lowest BCUT2D eigenvalue weighted by atomic mass is 9.99. The van der Waals surface area contributed by atoms with Crippen LogP contribution in [0.3, 0.4) is 0 Å². The van der Waals surface area contributed by atoms with Gasteiger partial charge in [0.05, 0.1) is 25.9 Å². The fourth-order valence-corrected chi connectivity index (χ4v) is 3.65. The zero-order valence-electron chi connectivity index (χ0n) is 15.4. The summed E-state index contributed by atoms with van der Waals surface area (Å²) in [6, 6.07) is 0. The molecule has 14 heteroatoms. The second-order valence-electron chi connectivity index (χ2n) is 7.09. The minimum Gasteiger partial charge on any atom is -0.394 e. The number of aromatic amines is 1. The summed E-state index contributed by atoms with van der Waals surface area (Å²) in [4.78, 5) is 22.2. The molecule has 0 aliphatic carbocycles. The van der Waals surface area contributed by atoms with Gasteiger partial charge in [0, 0.05) is 0 Å². The Balaban J connectivity index is 1.58. The molecule has 0 amide bonds. The molecule has 7 N–H and O–H groups in total. The Bertz CT molecular complexity index is 934. The first-order valence-electron chi connectivity index (χ1n) is 9.18. The highest BCUT2D eigenvalue weighted by Gasteiger charge is 2.51. The van der Waals surface area contributed by atoms with Crippen LogP contribution in [0.15, 0.2) is 17.4 Å². The third-order valence-corrected chi connectivity index (χ3v) is 5.27. The Morgan fingerprint density at radius 1 is 1.00 bits per heavy atom. The number of aliphatic hydroxyl groups is 6. The molecule has 30 heavy (non-hydrogen) atoms. The van der Waals surface area contributed by atoms with E-state index in [9.17, 15) is 35.4 Å². The number of ether oxygens (including phenoxy) is 3. The van der Waals surface area contributed by atoms with E-state index in [2.05, 4.69) is 15.0 Å². The molecular formula is C16H22N4O10. The van der Waals surface area contributed by atoms with Gasteiger partial charge in [-0.2, -0.15) is 0 Å². The van der Waals surface area contributed by atoms with E-state index in [0.717, 1.165) is 6.33 Å². The minimum absolute atomic E-state index is 0.0205. The number of rotatable bonds is 5. The Kier molecular flexibility index (Phi) is 5.84. The molecule has 4 rings (SSSR count). The monoisotopic (exact) mass is 430 g/mol. The maximum absolute atomic E-state index is 11.8. The number of aromatic nitrogens is 4. The van der Waals surface area contributed by atoms with Crippen molar-refractivity contribution < 1.29 is 44.8 Å².